The van der Waals surface area contributed by atoms with E-state index in [1.165, 1.54) is 18.2 Å². The summed E-state index contributed by atoms with van der Waals surface area (Å²) in [6, 6.07) is 5.93. The van der Waals surface area contributed by atoms with Crippen LogP contribution in [0.5, 0.6) is 0 Å². The van der Waals surface area contributed by atoms with Gasteiger partial charge in [-0.1, -0.05) is 19.1 Å². The molecule has 2 aliphatic heterocycles. The number of nitrogen functional groups attached to an aromatic ring is 1. The second-order valence-electron chi connectivity index (χ2n) is 11.9. The molecule has 3 unspecified atom stereocenters. The summed E-state index contributed by atoms with van der Waals surface area (Å²) in [4.78, 5) is 64.0. The number of aliphatic hydroxyl groups is 6. The number of aromatic nitrogens is 2. The quantitative estimate of drug-likeness (QED) is 0.0765. The zero-order chi connectivity index (χ0) is 38.5. The van der Waals surface area contributed by atoms with Crippen molar-refractivity contribution in [2.45, 2.75) is 80.5 Å². The number of anilines is 1. The third kappa shape index (κ3) is 9.36. The Morgan fingerprint density at radius 1 is 1.15 bits per heavy atom. The van der Waals surface area contributed by atoms with Gasteiger partial charge in [-0.05, 0) is 30.2 Å². The van der Waals surface area contributed by atoms with Gasteiger partial charge in [0.15, 0.2) is 6.23 Å². The highest BCUT2D eigenvalue weighted by Gasteiger charge is 2.59. The molecule has 0 aliphatic carbocycles. The van der Waals surface area contributed by atoms with Gasteiger partial charge >= 0.3 is 19.5 Å². The standard InChI is InChI=1S/C29H40N5O17P/c1-2-13-3-5-14(6-4-13)25(42)31-10-19(38)33-20-15(36)9-29(27(43)44,50-24(20)21(39)16(37)11-35)51-52(46,47)48-12-17-22(40)23(41)26(49-17)34-8-7-18(30)32-28(34)45/h3-8,15-17,20-24,26,35-37,39-41H,2,9-12H2,1H3,(H,31,42)(H,33,38)(H,43,44)(H,46,47)(H2,30,32,45)/t15-,16-,17-,20-,21-,22?,23+,24?,26-,29-/m1/s1. The van der Waals surface area contributed by atoms with Crippen molar-refractivity contribution in [2.75, 3.05) is 25.5 Å². The molecule has 2 aromatic rings. The van der Waals surface area contributed by atoms with Gasteiger partial charge in [-0.2, -0.15) is 4.98 Å². The number of nitrogens with zero attached hydrogens (tertiary/aromatic N) is 2. The second-order valence-corrected chi connectivity index (χ2v) is 13.3. The summed E-state index contributed by atoms with van der Waals surface area (Å²) in [7, 11) is -5.62. The molecule has 2 amide bonds. The molecule has 11 atom stereocenters. The van der Waals surface area contributed by atoms with E-state index in [1.54, 1.807) is 12.1 Å². The molecule has 0 spiro atoms. The Labute approximate surface area is 294 Å². The zero-order valence-corrected chi connectivity index (χ0v) is 28.3. The first-order valence-electron chi connectivity index (χ1n) is 15.7. The van der Waals surface area contributed by atoms with Gasteiger partial charge in [0.2, 0.25) is 5.91 Å². The van der Waals surface area contributed by atoms with Crippen LogP contribution < -0.4 is 22.1 Å². The molecule has 2 fully saturated rings. The minimum atomic E-state index is -5.62. The predicted octanol–water partition coefficient (Wildman–Crippen LogP) is -4.30. The smallest absolute Gasteiger partial charge is 0.475 e. The molecule has 52 heavy (non-hydrogen) atoms. The Hall–Kier alpha value is -3.90. The SMILES string of the molecule is CCc1ccc(C(=O)NCC(=O)N[C@H]2C([C@H](O)[C@H](O)CO)O[C@](OP(=O)(O)OC[C@H]3O[C@@H](n4ccc(N)nc4=O)[C@@H](O)C3O)(C(=O)O)C[C@H]2O)cc1. The van der Waals surface area contributed by atoms with Gasteiger partial charge in [-0.25, -0.2) is 18.7 Å². The molecule has 22 nitrogen and oxygen atoms in total. The van der Waals surface area contributed by atoms with E-state index in [0.29, 0.717) is 0 Å². The summed E-state index contributed by atoms with van der Waals surface area (Å²) in [5.74, 6) is -7.23. The fraction of sp³-hybridized carbons (Fsp3) is 0.552. The van der Waals surface area contributed by atoms with Crippen molar-refractivity contribution < 1.29 is 78.1 Å². The molecule has 4 rings (SSSR count). The number of nitrogens with one attached hydrogen (secondary N) is 2. The number of rotatable bonds is 15. The number of aliphatic carboxylic acids is 1. The molecule has 12 N–H and O–H groups in total. The molecular weight excluding hydrogens is 721 g/mol. The minimum absolute atomic E-state index is 0.151. The lowest BCUT2D eigenvalue weighted by atomic mass is 9.88. The van der Waals surface area contributed by atoms with Crippen LogP contribution in [0.4, 0.5) is 5.82 Å². The zero-order valence-electron chi connectivity index (χ0n) is 27.4. The number of phosphoric acid groups is 1. The van der Waals surface area contributed by atoms with Gasteiger partial charge < -0.3 is 66.5 Å². The van der Waals surface area contributed by atoms with E-state index in [0.717, 1.165) is 22.7 Å². The van der Waals surface area contributed by atoms with E-state index >= 15 is 0 Å². The number of benzene rings is 1. The maximum atomic E-state index is 13.1. The third-order valence-electron chi connectivity index (χ3n) is 8.31. The van der Waals surface area contributed by atoms with Gasteiger partial charge in [-0.15, -0.1) is 0 Å². The number of carboxylic acids is 1. The first kappa shape index (κ1) is 40.9. The monoisotopic (exact) mass is 761 g/mol. The van der Waals surface area contributed by atoms with E-state index in [-0.39, 0.29) is 11.4 Å². The Morgan fingerprint density at radius 3 is 2.42 bits per heavy atom. The fourth-order valence-electron chi connectivity index (χ4n) is 5.47. The number of aliphatic hydroxyl groups excluding tert-OH is 6. The fourth-order valence-corrected chi connectivity index (χ4v) is 6.43. The van der Waals surface area contributed by atoms with Crippen molar-refractivity contribution in [1.29, 1.82) is 0 Å². The molecule has 2 aliphatic rings. The first-order chi connectivity index (χ1) is 24.4. The average molecular weight is 762 g/mol. The highest BCUT2D eigenvalue weighted by atomic mass is 31.2. The lowest BCUT2D eigenvalue weighted by Crippen LogP contribution is -2.68. The second kappa shape index (κ2) is 16.8. The van der Waals surface area contributed by atoms with E-state index in [1.807, 2.05) is 6.92 Å². The van der Waals surface area contributed by atoms with Crippen molar-refractivity contribution in [3.63, 3.8) is 0 Å². The summed E-state index contributed by atoms with van der Waals surface area (Å²) in [6.07, 6.45) is -14.7. The van der Waals surface area contributed by atoms with E-state index in [2.05, 4.69) is 15.6 Å². The Morgan fingerprint density at radius 2 is 1.83 bits per heavy atom. The minimum Gasteiger partial charge on any atom is -0.477 e. The summed E-state index contributed by atoms with van der Waals surface area (Å²) >= 11 is 0. The van der Waals surface area contributed by atoms with E-state index in [4.69, 9.17) is 24.3 Å². The largest absolute Gasteiger partial charge is 0.477 e. The number of carboxylic acid groups (broad SMARTS) is 1. The predicted molar refractivity (Wildman–Crippen MR) is 171 cm³/mol. The van der Waals surface area contributed by atoms with Gasteiger partial charge in [0.1, 0.15) is 42.4 Å². The van der Waals surface area contributed by atoms with Crippen molar-refractivity contribution >= 4 is 31.4 Å². The maximum absolute atomic E-state index is 13.1. The van der Waals surface area contributed by atoms with Crippen molar-refractivity contribution in [3.05, 3.63) is 58.1 Å². The molecular formula is C29H40N5O17P. The van der Waals surface area contributed by atoms with Crippen LogP contribution in [0.15, 0.2) is 41.3 Å². The molecule has 1 aromatic carbocycles. The van der Waals surface area contributed by atoms with Crippen LogP contribution in [-0.2, 0) is 39.1 Å². The lowest BCUT2D eigenvalue weighted by molar-refractivity contribution is -0.289. The molecule has 1 aromatic heterocycles. The normalized spacial score (nSPS) is 29.8. The van der Waals surface area contributed by atoms with E-state index < -0.39 is 118 Å². The summed E-state index contributed by atoms with van der Waals surface area (Å²) in [5.41, 5.74) is 5.66. The van der Waals surface area contributed by atoms with Crippen LogP contribution in [0.2, 0.25) is 0 Å². The molecule has 0 radical (unpaired) electrons. The molecule has 288 valence electrons. The van der Waals surface area contributed by atoms with Gasteiger partial charge in [0.05, 0.1) is 31.9 Å². The molecule has 23 heteroatoms. The number of phosphoric ester groups is 1. The number of hydrogen-bond donors (Lipinski definition) is 11. The summed E-state index contributed by atoms with van der Waals surface area (Å²) < 4.78 is 34.3. The third-order valence-corrected chi connectivity index (χ3v) is 9.31. The highest BCUT2D eigenvalue weighted by molar-refractivity contribution is 7.47. The number of carbonyl (C=O) groups is 3. The molecule has 0 bridgehead atoms. The maximum Gasteiger partial charge on any atom is 0.475 e. The average Bonchev–Trinajstić information content (AvgIpc) is 3.38. The Bertz CT molecular complexity index is 1700. The summed E-state index contributed by atoms with van der Waals surface area (Å²) in [5, 5.41) is 76.8. The van der Waals surface area contributed by atoms with Crippen LogP contribution in [0.1, 0.15) is 35.5 Å². The highest BCUT2D eigenvalue weighted by Crippen LogP contribution is 2.51. The Balaban J connectivity index is 1.46. The van der Waals surface area contributed by atoms with E-state index in [9.17, 15) is 64.4 Å². The number of amides is 2. The van der Waals surface area contributed by atoms with Crippen molar-refractivity contribution in [3.8, 4) is 0 Å². The van der Waals surface area contributed by atoms with Crippen LogP contribution in [0, 0.1) is 0 Å². The molecule has 3 heterocycles. The number of nitrogens with two attached hydrogens (primary N) is 1. The van der Waals surface area contributed by atoms with Crippen LogP contribution in [0.25, 0.3) is 0 Å². The number of aryl methyl sites for hydroxylation is 1. The molecule has 2 saturated heterocycles. The molecule has 0 saturated carbocycles. The topological polar surface area (TPSA) is 352 Å². The van der Waals surface area contributed by atoms with Crippen LogP contribution >= 0.6 is 7.82 Å². The number of hydrogen-bond acceptors (Lipinski definition) is 17. The lowest BCUT2D eigenvalue weighted by Gasteiger charge is -2.46. The number of carbonyl (C=O) groups excluding carboxylic acids is 2. The first-order valence-corrected chi connectivity index (χ1v) is 17.2. The van der Waals surface area contributed by atoms with Crippen LogP contribution in [-0.4, -0.2) is 142 Å². The summed E-state index contributed by atoms with van der Waals surface area (Å²) in [6.45, 7) is -0.941. The number of ether oxygens (including phenoxy) is 2. The van der Waals surface area contributed by atoms with Crippen LogP contribution in [0.3, 0.4) is 0 Å². The van der Waals surface area contributed by atoms with Gasteiger partial charge in [0, 0.05) is 18.2 Å². The van der Waals surface area contributed by atoms with Gasteiger partial charge in [-0.3, -0.25) is 18.7 Å². The van der Waals surface area contributed by atoms with Crippen molar-refractivity contribution in [1.82, 2.24) is 20.2 Å². The Kier molecular flexibility index (Phi) is 13.2. The van der Waals surface area contributed by atoms with Gasteiger partial charge in [0.25, 0.3) is 11.7 Å². The van der Waals surface area contributed by atoms with Crippen molar-refractivity contribution in [2.24, 2.45) is 0 Å².